The van der Waals surface area contributed by atoms with Crippen LogP contribution in [0.4, 0.5) is 0 Å². The Morgan fingerprint density at radius 1 is 1.16 bits per heavy atom. The van der Waals surface area contributed by atoms with E-state index in [-0.39, 0.29) is 12.4 Å². The summed E-state index contributed by atoms with van der Waals surface area (Å²) in [7, 11) is 0. The highest BCUT2D eigenvalue weighted by Gasteiger charge is 2.10. The molecule has 0 atom stereocenters. The second-order valence-electron chi connectivity index (χ2n) is 4.46. The van der Waals surface area contributed by atoms with Crippen LogP contribution in [0.3, 0.4) is 0 Å². The van der Waals surface area contributed by atoms with Gasteiger partial charge in [-0.15, -0.1) is 0 Å². The van der Waals surface area contributed by atoms with Crippen LogP contribution in [0, 0.1) is 17.4 Å². The van der Waals surface area contributed by atoms with E-state index in [0.29, 0.717) is 0 Å². The molecule has 0 aliphatic heterocycles. The summed E-state index contributed by atoms with van der Waals surface area (Å²) in [6.07, 6.45) is 0. The summed E-state index contributed by atoms with van der Waals surface area (Å²) in [5.74, 6) is 0.762. The molecular weight excluding hydrogens is 351 g/mol. The molecule has 0 saturated carbocycles. The van der Waals surface area contributed by atoms with E-state index in [1.807, 2.05) is 56.3 Å². The third kappa shape index (κ3) is 3.56. The molecule has 0 aliphatic carbocycles. The van der Waals surface area contributed by atoms with E-state index in [9.17, 15) is 4.79 Å². The summed E-state index contributed by atoms with van der Waals surface area (Å²) in [6.45, 7) is 4.04. The van der Waals surface area contributed by atoms with Crippen LogP contribution in [-0.4, -0.2) is 12.4 Å². The predicted molar refractivity (Wildman–Crippen MR) is 84.9 cm³/mol. The zero-order valence-corrected chi connectivity index (χ0v) is 13.1. The number of aryl methyl sites for hydroxylation is 2. The van der Waals surface area contributed by atoms with Crippen molar-refractivity contribution >= 4 is 28.4 Å². The van der Waals surface area contributed by atoms with Crippen molar-refractivity contribution < 1.29 is 9.53 Å². The van der Waals surface area contributed by atoms with Gasteiger partial charge in [0, 0.05) is 5.56 Å². The topological polar surface area (TPSA) is 26.3 Å². The Kier molecular flexibility index (Phi) is 4.58. The second-order valence-corrected chi connectivity index (χ2v) is 5.62. The molecule has 0 fully saturated rings. The quantitative estimate of drug-likeness (QED) is 0.600. The minimum absolute atomic E-state index is 0.0113. The summed E-state index contributed by atoms with van der Waals surface area (Å²) in [5, 5.41) is 0. The lowest BCUT2D eigenvalue weighted by Gasteiger charge is -2.09. The maximum Gasteiger partial charge on any atom is 0.200 e. The summed E-state index contributed by atoms with van der Waals surface area (Å²) < 4.78 is 6.59. The lowest BCUT2D eigenvalue weighted by molar-refractivity contribution is 0.0920. The highest BCUT2D eigenvalue weighted by atomic mass is 127. The van der Waals surface area contributed by atoms with Crippen molar-refractivity contribution in [2.75, 3.05) is 6.61 Å². The molecule has 0 bridgehead atoms. The Labute approximate surface area is 126 Å². The van der Waals surface area contributed by atoms with Crippen LogP contribution in [0.1, 0.15) is 21.5 Å². The number of ether oxygens (including phenoxy) is 1. The van der Waals surface area contributed by atoms with Gasteiger partial charge >= 0.3 is 0 Å². The van der Waals surface area contributed by atoms with E-state index < -0.39 is 0 Å². The molecule has 0 heterocycles. The zero-order chi connectivity index (χ0) is 13.8. The summed E-state index contributed by atoms with van der Waals surface area (Å²) in [5.41, 5.74) is 2.89. The van der Waals surface area contributed by atoms with Gasteiger partial charge in [0.25, 0.3) is 0 Å². The van der Waals surface area contributed by atoms with Gasteiger partial charge in [-0.2, -0.15) is 0 Å². The highest BCUT2D eigenvalue weighted by molar-refractivity contribution is 14.1. The van der Waals surface area contributed by atoms with Crippen molar-refractivity contribution in [2.45, 2.75) is 13.8 Å². The maximum absolute atomic E-state index is 12.1. The first-order valence-corrected chi connectivity index (χ1v) is 7.13. The monoisotopic (exact) mass is 366 g/mol. The molecule has 0 aromatic heterocycles. The maximum atomic E-state index is 12.1. The van der Waals surface area contributed by atoms with Crippen LogP contribution in [0.25, 0.3) is 0 Å². The van der Waals surface area contributed by atoms with E-state index >= 15 is 0 Å². The summed E-state index contributed by atoms with van der Waals surface area (Å²) in [4.78, 5) is 12.1. The standard InChI is InChI=1S/C16H15IO2/c1-11-7-8-13(12(2)9-11)15(18)10-19-16-6-4-3-5-14(16)17/h3-9H,10H2,1-2H3. The Bertz CT molecular complexity index is 605. The highest BCUT2D eigenvalue weighted by Crippen LogP contribution is 2.20. The smallest absolute Gasteiger partial charge is 0.200 e. The van der Waals surface area contributed by atoms with Gasteiger partial charge in [-0.05, 0) is 54.1 Å². The molecule has 2 rings (SSSR count). The van der Waals surface area contributed by atoms with Gasteiger partial charge in [-0.3, -0.25) is 4.79 Å². The first-order chi connectivity index (χ1) is 9.08. The van der Waals surface area contributed by atoms with Crippen molar-refractivity contribution in [3.63, 3.8) is 0 Å². The third-order valence-electron chi connectivity index (χ3n) is 2.88. The largest absolute Gasteiger partial charge is 0.484 e. The van der Waals surface area contributed by atoms with Crippen LogP contribution < -0.4 is 4.74 Å². The van der Waals surface area contributed by atoms with Gasteiger partial charge in [0.1, 0.15) is 5.75 Å². The van der Waals surface area contributed by atoms with Crippen molar-refractivity contribution in [3.05, 3.63) is 62.7 Å². The number of hydrogen-bond donors (Lipinski definition) is 0. The molecule has 98 valence electrons. The molecule has 0 unspecified atom stereocenters. The fourth-order valence-electron chi connectivity index (χ4n) is 1.91. The van der Waals surface area contributed by atoms with Crippen LogP contribution in [0.5, 0.6) is 5.75 Å². The zero-order valence-electron chi connectivity index (χ0n) is 10.9. The van der Waals surface area contributed by atoms with E-state index in [1.54, 1.807) is 0 Å². The molecule has 2 aromatic carbocycles. The Morgan fingerprint density at radius 2 is 1.89 bits per heavy atom. The lowest BCUT2D eigenvalue weighted by atomic mass is 10.0. The van der Waals surface area contributed by atoms with Gasteiger partial charge in [0.2, 0.25) is 0 Å². The molecule has 19 heavy (non-hydrogen) atoms. The first-order valence-electron chi connectivity index (χ1n) is 6.05. The summed E-state index contributed by atoms with van der Waals surface area (Å²) in [6, 6.07) is 13.5. The number of carbonyl (C=O) groups excluding carboxylic acids is 1. The Balaban J connectivity index is 2.08. The fraction of sp³-hybridized carbons (Fsp3) is 0.188. The Morgan fingerprint density at radius 3 is 2.58 bits per heavy atom. The van der Waals surface area contributed by atoms with Crippen molar-refractivity contribution in [3.8, 4) is 5.75 Å². The van der Waals surface area contributed by atoms with Crippen molar-refractivity contribution in [1.29, 1.82) is 0 Å². The normalized spacial score (nSPS) is 10.3. The van der Waals surface area contributed by atoms with Gasteiger partial charge in [0.05, 0.1) is 3.57 Å². The van der Waals surface area contributed by atoms with Crippen LogP contribution in [0.15, 0.2) is 42.5 Å². The van der Waals surface area contributed by atoms with Gasteiger partial charge in [-0.1, -0.05) is 35.9 Å². The number of halogens is 1. The van der Waals surface area contributed by atoms with E-state index in [1.165, 1.54) is 0 Å². The molecule has 0 aliphatic rings. The predicted octanol–water partition coefficient (Wildman–Crippen LogP) is 4.17. The van der Waals surface area contributed by atoms with E-state index in [4.69, 9.17) is 4.74 Å². The number of hydrogen-bond acceptors (Lipinski definition) is 2. The summed E-state index contributed by atoms with van der Waals surface area (Å²) >= 11 is 2.20. The minimum atomic E-state index is 0.0113. The van der Waals surface area contributed by atoms with Crippen LogP contribution in [-0.2, 0) is 0 Å². The number of Topliss-reactive ketones (excluding diaryl/α,β-unsaturated/α-hetero) is 1. The minimum Gasteiger partial charge on any atom is -0.484 e. The molecular formula is C16H15IO2. The molecule has 2 nitrogen and oxygen atoms in total. The average molecular weight is 366 g/mol. The SMILES string of the molecule is Cc1ccc(C(=O)COc2ccccc2I)c(C)c1. The number of para-hydroxylation sites is 1. The number of carbonyl (C=O) groups is 1. The number of rotatable bonds is 4. The van der Waals surface area contributed by atoms with Gasteiger partial charge in [-0.25, -0.2) is 0 Å². The van der Waals surface area contributed by atoms with Crippen LogP contribution in [0.2, 0.25) is 0 Å². The lowest BCUT2D eigenvalue weighted by Crippen LogP contribution is -2.13. The van der Waals surface area contributed by atoms with Gasteiger partial charge in [0.15, 0.2) is 12.4 Å². The third-order valence-corrected chi connectivity index (χ3v) is 3.77. The molecule has 3 heteroatoms. The number of benzene rings is 2. The van der Waals surface area contributed by atoms with Gasteiger partial charge < -0.3 is 4.74 Å². The fourth-order valence-corrected chi connectivity index (χ4v) is 2.45. The van der Waals surface area contributed by atoms with E-state index in [0.717, 1.165) is 26.0 Å². The second kappa shape index (κ2) is 6.19. The molecule has 0 amide bonds. The molecule has 0 N–H and O–H groups in total. The molecule has 2 aromatic rings. The van der Waals surface area contributed by atoms with Crippen molar-refractivity contribution in [2.24, 2.45) is 0 Å². The molecule has 0 saturated heterocycles. The first kappa shape index (κ1) is 14.1. The molecule has 0 spiro atoms. The number of ketones is 1. The molecule has 0 radical (unpaired) electrons. The van der Waals surface area contributed by atoms with Crippen molar-refractivity contribution in [1.82, 2.24) is 0 Å². The van der Waals surface area contributed by atoms with E-state index in [2.05, 4.69) is 22.6 Å². The average Bonchev–Trinajstić information content (AvgIpc) is 2.37. The van der Waals surface area contributed by atoms with Crippen LogP contribution >= 0.6 is 22.6 Å². The Hall–Kier alpha value is -1.36.